The summed E-state index contributed by atoms with van der Waals surface area (Å²) < 4.78 is 1.05. The first-order chi connectivity index (χ1) is 13.0. The van der Waals surface area contributed by atoms with Crippen molar-refractivity contribution in [1.82, 2.24) is 0 Å². The minimum Gasteiger partial charge on any atom is -0.257 e. The summed E-state index contributed by atoms with van der Waals surface area (Å²) in [6, 6.07) is 21.7. The number of halogens is 4. The van der Waals surface area contributed by atoms with Crippen molar-refractivity contribution in [1.29, 1.82) is 0 Å². The van der Waals surface area contributed by atoms with E-state index in [1.54, 1.807) is 6.07 Å². The molecular weight excluding hydrogens is 467 g/mol. The molecule has 1 aliphatic rings. The zero-order valence-corrected chi connectivity index (χ0v) is 17.9. The van der Waals surface area contributed by atoms with Crippen LogP contribution in [0.15, 0.2) is 76.3 Å². The molecule has 3 aromatic carbocycles. The fourth-order valence-corrected chi connectivity index (χ4v) is 3.82. The Labute approximate surface area is 181 Å². The van der Waals surface area contributed by atoms with Gasteiger partial charge in [0.2, 0.25) is 0 Å². The van der Waals surface area contributed by atoms with Gasteiger partial charge in [0.15, 0.2) is 0 Å². The summed E-state index contributed by atoms with van der Waals surface area (Å²) in [5.74, 6) is 0. The predicted molar refractivity (Wildman–Crippen MR) is 118 cm³/mol. The molecule has 0 spiro atoms. The van der Waals surface area contributed by atoms with Gasteiger partial charge in [-0.25, -0.2) is 0 Å². The Balaban J connectivity index is 1.76. The van der Waals surface area contributed by atoms with Crippen molar-refractivity contribution in [3.63, 3.8) is 0 Å². The van der Waals surface area contributed by atoms with Gasteiger partial charge in [-0.2, -0.15) is 5.10 Å². The van der Waals surface area contributed by atoms with Crippen molar-refractivity contribution in [3.05, 3.63) is 97.4 Å². The van der Waals surface area contributed by atoms with Crippen LogP contribution in [0, 0.1) is 0 Å². The van der Waals surface area contributed by atoms with Crippen molar-refractivity contribution in [2.24, 2.45) is 5.10 Å². The molecule has 1 atom stereocenters. The third-order valence-corrected chi connectivity index (χ3v) is 6.03. The van der Waals surface area contributed by atoms with E-state index in [1.165, 1.54) is 5.56 Å². The number of nitrogens with zero attached hydrogens (tertiary/aromatic N) is 2. The Morgan fingerprint density at radius 3 is 2.22 bits per heavy atom. The van der Waals surface area contributed by atoms with E-state index in [2.05, 4.69) is 28.1 Å². The van der Waals surface area contributed by atoms with Crippen LogP contribution in [0.3, 0.4) is 0 Å². The van der Waals surface area contributed by atoms with Gasteiger partial charge in [0.1, 0.15) is 0 Å². The second kappa shape index (κ2) is 7.84. The predicted octanol–water partition coefficient (Wildman–Crippen LogP) is 7.77. The van der Waals surface area contributed by atoms with Crippen molar-refractivity contribution < 1.29 is 0 Å². The molecule has 3 aromatic rings. The molecule has 2 nitrogen and oxygen atoms in total. The average Bonchev–Trinajstić information content (AvgIpc) is 3.10. The van der Waals surface area contributed by atoms with Gasteiger partial charge in [0.05, 0.1) is 27.5 Å². The molecule has 136 valence electrons. The van der Waals surface area contributed by atoms with Gasteiger partial charge in [-0.3, -0.25) is 5.01 Å². The molecule has 0 fully saturated rings. The van der Waals surface area contributed by atoms with Gasteiger partial charge in [-0.1, -0.05) is 75.0 Å². The summed E-state index contributed by atoms with van der Waals surface area (Å²) in [7, 11) is 0. The third-order valence-electron chi connectivity index (χ3n) is 4.51. The van der Waals surface area contributed by atoms with Crippen LogP contribution in [0.1, 0.15) is 23.6 Å². The van der Waals surface area contributed by atoms with Crippen molar-refractivity contribution in [2.45, 2.75) is 12.5 Å². The molecule has 6 heteroatoms. The van der Waals surface area contributed by atoms with E-state index < -0.39 is 0 Å². The highest BCUT2D eigenvalue weighted by atomic mass is 79.9. The molecule has 1 aliphatic heterocycles. The molecule has 0 bridgehead atoms. The van der Waals surface area contributed by atoms with Crippen molar-refractivity contribution in [3.8, 4) is 0 Å². The topological polar surface area (TPSA) is 15.6 Å². The lowest BCUT2D eigenvalue weighted by Gasteiger charge is -2.24. The molecule has 0 aliphatic carbocycles. The van der Waals surface area contributed by atoms with Crippen LogP contribution >= 0.6 is 50.7 Å². The Morgan fingerprint density at radius 2 is 1.56 bits per heavy atom. The van der Waals surface area contributed by atoms with Crippen LogP contribution < -0.4 is 5.01 Å². The Kier molecular flexibility index (Phi) is 5.47. The van der Waals surface area contributed by atoms with Gasteiger partial charge < -0.3 is 0 Å². The van der Waals surface area contributed by atoms with E-state index in [1.807, 2.05) is 53.5 Å². The van der Waals surface area contributed by atoms with Crippen LogP contribution in [0.5, 0.6) is 0 Å². The molecule has 1 unspecified atom stereocenters. The molecule has 1 heterocycles. The number of hydrazone groups is 1. The van der Waals surface area contributed by atoms with Gasteiger partial charge in [0.25, 0.3) is 0 Å². The summed E-state index contributed by atoms with van der Waals surface area (Å²) in [6.07, 6.45) is 0.781. The third kappa shape index (κ3) is 4.02. The minimum atomic E-state index is 0.0704. The van der Waals surface area contributed by atoms with Crippen LogP contribution in [0.2, 0.25) is 15.1 Å². The summed E-state index contributed by atoms with van der Waals surface area (Å²) in [5.41, 5.74) is 4.15. The molecule has 0 aromatic heterocycles. The zero-order valence-electron chi connectivity index (χ0n) is 14.0. The van der Waals surface area contributed by atoms with Crippen LogP contribution in [-0.2, 0) is 0 Å². The smallest absolute Gasteiger partial charge is 0.0831 e. The fourth-order valence-electron chi connectivity index (χ4n) is 3.14. The molecule has 27 heavy (non-hydrogen) atoms. The van der Waals surface area contributed by atoms with Crippen molar-refractivity contribution >= 4 is 62.1 Å². The molecule has 0 amide bonds. The Morgan fingerprint density at radius 1 is 0.852 bits per heavy atom. The lowest BCUT2D eigenvalue weighted by Crippen LogP contribution is -2.18. The second-order valence-corrected chi connectivity index (χ2v) is 8.43. The van der Waals surface area contributed by atoms with Crippen molar-refractivity contribution in [2.75, 3.05) is 5.01 Å². The molecule has 0 radical (unpaired) electrons. The summed E-state index contributed by atoms with van der Waals surface area (Å²) in [4.78, 5) is 0. The van der Waals surface area contributed by atoms with Gasteiger partial charge in [-0.15, -0.1) is 0 Å². The first-order valence-corrected chi connectivity index (χ1v) is 10.3. The summed E-state index contributed by atoms with van der Waals surface area (Å²) in [5, 5.41) is 8.67. The standard InChI is InChI=1S/C21H14BrCl3N2/c22-15-5-1-14(2-6-15)21-12-20(13-3-7-16(23)8-4-13)26-27(21)17-9-10-18(24)19(25)11-17/h1-11,21H,12H2. The molecular formula is C21H14BrCl3N2. The minimum absolute atomic E-state index is 0.0704. The van der Waals surface area contributed by atoms with E-state index in [0.717, 1.165) is 27.9 Å². The van der Waals surface area contributed by atoms with Gasteiger partial charge in [0, 0.05) is 15.9 Å². The normalized spacial score (nSPS) is 16.5. The first kappa shape index (κ1) is 18.8. The lowest BCUT2D eigenvalue weighted by molar-refractivity contribution is 0.709. The second-order valence-electron chi connectivity index (χ2n) is 6.27. The fraction of sp³-hybridized carbons (Fsp3) is 0.0952. The molecule has 0 saturated heterocycles. The largest absolute Gasteiger partial charge is 0.257 e. The number of hydrogen-bond donors (Lipinski definition) is 0. The highest BCUT2D eigenvalue weighted by molar-refractivity contribution is 9.10. The quantitative estimate of drug-likeness (QED) is 0.374. The van der Waals surface area contributed by atoms with Crippen LogP contribution in [0.25, 0.3) is 0 Å². The molecule has 0 saturated carbocycles. The molecule has 4 rings (SSSR count). The number of hydrogen-bond acceptors (Lipinski definition) is 2. The molecule has 0 N–H and O–H groups in total. The monoisotopic (exact) mass is 478 g/mol. The van der Waals surface area contributed by atoms with E-state index in [0.29, 0.717) is 15.1 Å². The maximum absolute atomic E-state index is 6.25. The van der Waals surface area contributed by atoms with Crippen LogP contribution in [-0.4, -0.2) is 5.71 Å². The van der Waals surface area contributed by atoms with E-state index >= 15 is 0 Å². The first-order valence-electron chi connectivity index (χ1n) is 8.34. The SMILES string of the molecule is Clc1ccc(C2=NN(c3ccc(Cl)c(Cl)c3)C(c3ccc(Br)cc3)C2)cc1. The summed E-state index contributed by atoms with van der Waals surface area (Å²) >= 11 is 21.9. The number of anilines is 1. The highest BCUT2D eigenvalue weighted by Crippen LogP contribution is 2.39. The average molecular weight is 481 g/mol. The highest BCUT2D eigenvalue weighted by Gasteiger charge is 2.30. The van der Waals surface area contributed by atoms with Gasteiger partial charge >= 0.3 is 0 Å². The zero-order chi connectivity index (χ0) is 19.0. The maximum atomic E-state index is 6.25. The maximum Gasteiger partial charge on any atom is 0.0831 e. The Bertz CT molecular complexity index is 1000. The lowest BCUT2D eigenvalue weighted by atomic mass is 9.98. The van der Waals surface area contributed by atoms with Crippen LogP contribution in [0.4, 0.5) is 5.69 Å². The number of rotatable bonds is 3. The number of benzene rings is 3. The van der Waals surface area contributed by atoms with E-state index in [4.69, 9.17) is 39.9 Å². The Hall–Kier alpha value is -1.52. The summed E-state index contributed by atoms with van der Waals surface area (Å²) in [6.45, 7) is 0. The van der Waals surface area contributed by atoms with E-state index in [9.17, 15) is 0 Å². The van der Waals surface area contributed by atoms with Gasteiger partial charge in [-0.05, 0) is 53.6 Å². The van der Waals surface area contributed by atoms with E-state index in [-0.39, 0.29) is 6.04 Å².